The summed E-state index contributed by atoms with van der Waals surface area (Å²) in [5.41, 5.74) is 22.5. The highest BCUT2D eigenvalue weighted by Gasteiger charge is 2.52. The highest BCUT2D eigenvalue weighted by Crippen LogP contribution is 2.63. The van der Waals surface area contributed by atoms with Crippen LogP contribution in [-0.2, 0) is 16.2 Å². The van der Waals surface area contributed by atoms with Crippen LogP contribution < -0.4 is 0 Å². The molecule has 0 N–H and O–H groups in total. The molecule has 15 aromatic rings. The van der Waals surface area contributed by atoms with Crippen LogP contribution in [0.25, 0.3) is 101 Å². The van der Waals surface area contributed by atoms with Gasteiger partial charge in [0.2, 0.25) is 23.6 Å². The molecule has 2 aliphatic carbocycles. The number of carbonyl (C=O) groups excluding carboxylic acids is 3. The third-order valence-electron chi connectivity index (χ3n) is 19.9. The summed E-state index contributed by atoms with van der Waals surface area (Å²) >= 11 is 0. The van der Waals surface area contributed by atoms with Gasteiger partial charge < -0.3 is 8.83 Å². The van der Waals surface area contributed by atoms with Crippen LogP contribution in [0.4, 0.5) is 0 Å². The summed E-state index contributed by atoms with van der Waals surface area (Å²) in [5, 5.41) is 18.1. The minimum atomic E-state index is -0.596. The van der Waals surface area contributed by atoms with Crippen LogP contribution in [0.1, 0.15) is 123 Å². The second kappa shape index (κ2) is 26.3. The Hall–Kier alpha value is -12.9. The molecule has 0 fully saturated rings. The number of benzene rings is 13. The molecule has 0 bridgehead atoms. The molecule has 9 nitrogen and oxygen atoms in total. The van der Waals surface area contributed by atoms with Gasteiger partial charge in [0, 0.05) is 55.6 Å². The number of aromatic nitrogens is 4. The largest absolute Gasteiger partial charge is 0.416 e. The van der Waals surface area contributed by atoms with E-state index in [1.807, 2.05) is 146 Å². The lowest BCUT2D eigenvalue weighted by atomic mass is 9.70. The molecular formula is C94H70N4O5. The summed E-state index contributed by atoms with van der Waals surface area (Å²) in [4.78, 5) is 43.3. The lowest BCUT2D eigenvalue weighted by Crippen LogP contribution is -2.26. The summed E-state index contributed by atoms with van der Waals surface area (Å²) in [6.07, 6.45) is 0. The predicted octanol–water partition coefficient (Wildman–Crippen LogP) is 22.4. The normalized spacial score (nSPS) is 12.4. The molecule has 0 amide bonds. The average molecular weight is 1340 g/mol. The van der Waals surface area contributed by atoms with Gasteiger partial charge in [0.25, 0.3) is 0 Å². The zero-order chi connectivity index (χ0) is 70.6. The Labute approximate surface area is 598 Å². The fourth-order valence-corrected chi connectivity index (χ4v) is 14.7. The van der Waals surface area contributed by atoms with Crippen molar-refractivity contribution >= 4 is 17.3 Å². The van der Waals surface area contributed by atoms with Crippen molar-refractivity contribution in [2.75, 3.05) is 0 Å². The Morgan fingerprint density at radius 3 is 0.835 bits per heavy atom. The molecule has 9 heteroatoms. The van der Waals surface area contributed by atoms with Crippen molar-refractivity contribution in [1.82, 2.24) is 20.4 Å². The maximum absolute atomic E-state index is 14.4. The van der Waals surface area contributed by atoms with Crippen molar-refractivity contribution < 1.29 is 23.2 Å². The molecular weight excluding hydrogens is 1270 g/mol. The Bertz CT molecular complexity index is 5300. The van der Waals surface area contributed by atoms with Gasteiger partial charge in [-0.2, -0.15) is 0 Å². The molecule has 0 aliphatic heterocycles. The van der Waals surface area contributed by atoms with E-state index in [0.717, 1.165) is 55.6 Å². The van der Waals surface area contributed by atoms with Crippen molar-refractivity contribution in [2.24, 2.45) is 0 Å². The molecule has 0 atom stereocenters. The summed E-state index contributed by atoms with van der Waals surface area (Å²) in [6, 6.07) is 104. The topological polar surface area (TPSA) is 129 Å². The van der Waals surface area contributed by atoms with Crippen LogP contribution in [-0.4, -0.2) is 37.7 Å². The van der Waals surface area contributed by atoms with E-state index in [0.29, 0.717) is 40.3 Å². The molecule has 0 unspecified atom stereocenters. The van der Waals surface area contributed by atoms with Gasteiger partial charge in [-0.25, -0.2) is 0 Å². The predicted molar refractivity (Wildman–Crippen MR) is 410 cm³/mol. The van der Waals surface area contributed by atoms with Crippen molar-refractivity contribution in [2.45, 2.75) is 57.8 Å². The van der Waals surface area contributed by atoms with Crippen LogP contribution in [0.3, 0.4) is 0 Å². The fraction of sp³-hybridized carbons (Fsp3) is 0.0957. The Balaban J connectivity index is 0.000000161. The Kier molecular flexibility index (Phi) is 16.6. The third kappa shape index (κ3) is 11.9. The van der Waals surface area contributed by atoms with Gasteiger partial charge in [-0.15, -0.1) is 20.4 Å². The van der Waals surface area contributed by atoms with Crippen molar-refractivity contribution in [3.8, 4) is 101 Å². The average Bonchev–Trinajstić information content (AvgIpc) is 1.51. The van der Waals surface area contributed by atoms with E-state index in [2.05, 4.69) is 195 Å². The van der Waals surface area contributed by atoms with Crippen LogP contribution >= 0.6 is 0 Å². The quantitative estimate of drug-likeness (QED) is 0.104. The number of ketones is 3. The van der Waals surface area contributed by atoms with E-state index >= 15 is 0 Å². The minimum absolute atomic E-state index is 0.0575. The Morgan fingerprint density at radius 1 is 0.252 bits per heavy atom. The van der Waals surface area contributed by atoms with Crippen molar-refractivity contribution in [3.05, 3.63) is 382 Å². The molecule has 0 radical (unpaired) electrons. The second-order valence-corrected chi connectivity index (χ2v) is 28.4. The number of hydrogen-bond donors (Lipinski definition) is 0. The molecule has 103 heavy (non-hydrogen) atoms. The second-order valence-electron chi connectivity index (χ2n) is 28.4. The van der Waals surface area contributed by atoms with Crippen molar-refractivity contribution in [3.63, 3.8) is 0 Å². The number of nitrogens with zero attached hydrogens (tertiary/aromatic N) is 4. The fourth-order valence-electron chi connectivity index (χ4n) is 14.7. The number of carbonyl (C=O) groups is 3. The SMILES string of the molecule is CC(C)(C)c1ccc(-c2nnc(-c3ccc4c(c3)C3(c5ccccc5-4)c4ccccc4-c4ccc(-c5nnc(-c6ccc(C(C)(C)C)cc6)o5)cc43)o2)cc1.O=C(c1cc(C(=O)c2ccccc2-c2ccccc2)cc(C(=O)c2ccccc2-c2ccccc2)c1)c1ccccc1-c1ccccc1. The Morgan fingerprint density at radius 2 is 0.515 bits per heavy atom. The van der Waals surface area contributed by atoms with Gasteiger partial charge in [0.05, 0.1) is 5.41 Å². The monoisotopic (exact) mass is 1330 g/mol. The number of fused-ring (bicyclic) bond motifs is 10. The van der Waals surface area contributed by atoms with E-state index in [1.54, 1.807) is 36.4 Å². The first-order valence-corrected chi connectivity index (χ1v) is 34.7. The zero-order valence-electron chi connectivity index (χ0n) is 57.9. The summed E-state index contributed by atoms with van der Waals surface area (Å²) in [5.74, 6) is 1.15. The maximum Gasteiger partial charge on any atom is 0.248 e. The van der Waals surface area contributed by atoms with E-state index < -0.39 is 5.41 Å². The van der Waals surface area contributed by atoms with Gasteiger partial charge >= 0.3 is 0 Å². The van der Waals surface area contributed by atoms with Crippen LogP contribution in [0.2, 0.25) is 0 Å². The molecule has 2 heterocycles. The number of hydrogen-bond acceptors (Lipinski definition) is 9. The first-order valence-electron chi connectivity index (χ1n) is 34.7. The lowest BCUT2D eigenvalue weighted by Gasteiger charge is -2.30. The van der Waals surface area contributed by atoms with E-state index in [4.69, 9.17) is 8.83 Å². The maximum atomic E-state index is 14.4. The molecule has 1 spiro atoms. The van der Waals surface area contributed by atoms with Crippen LogP contribution in [0.5, 0.6) is 0 Å². The van der Waals surface area contributed by atoms with Gasteiger partial charge in [-0.05, 0) is 167 Å². The van der Waals surface area contributed by atoms with Crippen LogP contribution in [0, 0.1) is 0 Å². The van der Waals surface area contributed by atoms with Gasteiger partial charge in [0.15, 0.2) is 17.3 Å². The first-order chi connectivity index (χ1) is 50.1. The summed E-state index contributed by atoms with van der Waals surface area (Å²) in [7, 11) is 0. The molecule has 2 aromatic heterocycles. The zero-order valence-corrected chi connectivity index (χ0v) is 57.9. The highest BCUT2D eigenvalue weighted by molar-refractivity contribution is 6.20. The van der Waals surface area contributed by atoms with Gasteiger partial charge in [-0.3, -0.25) is 14.4 Å². The summed E-state index contributed by atoms with van der Waals surface area (Å²) in [6.45, 7) is 13.3. The van der Waals surface area contributed by atoms with Gasteiger partial charge in [0.1, 0.15) is 0 Å². The summed E-state index contributed by atoms with van der Waals surface area (Å²) < 4.78 is 12.8. The molecule has 2 aliphatic rings. The molecule has 17 rings (SSSR count). The van der Waals surface area contributed by atoms with Gasteiger partial charge in [-0.1, -0.05) is 290 Å². The molecule has 0 saturated carbocycles. The number of rotatable bonds is 13. The van der Waals surface area contributed by atoms with E-state index in [-0.39, 0.29) is 44.9 Å². The molecule has 13 aromatic carbocycles. The van der Waals surface area contributed by atoms with Crippen LogP contribution in [0.15, 0.2) is 324 Å². The van der Waals surface area contributed by atoms with E-state index in [1.165, 1.54) is 55.6 Å². The standard InChI is InChI=1S/C49H40N4O2.C45H30O3/c1-47(2,3)33-21-15-29(16-22-33)43-50-52-45(54-43)31-19-25-37-35-11-7-9-13-39(35)49(41(37)27-31)40-14-10-8-12-36(40)38-26-20-32(28-42(38)49)46-53-51-44(55-46)30-17-23-34(24-18-30)48(4,5)6;46-43(40-25-13-10-22-37(40)31-16-4-1-5-17-31)34-28-35(44(47)41-26-14-11-23-38(41)32-18-6-2-7-19-32)30-36(29-34)45(48)42-27-15-12-24-39(42)33-20-8-3-9-21-33/h7-28H,1-6H3;1-30H. The van der Waals surface area contributed by atoms with Crippen molar-refractivity contribution in [1.29, 1.82) is 0 Å². The highest BCUT2D eigenvalue weighted by atomic mass is 16.4. The lowest BCUT2D eigenvalue weighted by molar-refractivity contribution is 0.103. The molecule has 496 valence electrons. The smallest absolute Gasteiger partial charge is 0.248 e. The third-order valence-corrected chi connectivity index (χ3v) is 19.9. The van der Waals surface area contributed by atoms with E-state index in [9.17, 15) is 14.4 Å². The first kappa shape index (κ1) is 64.8. The minimum Gasteiger partial charge on any atom is -0.416 e. The molecule has 0 saturated heterocycles.